The second-order valence-corrected chi connectivity index (χ2v) is 7.91. The highest BCUT2D eigenvalue weighted by atomic mass is 35.5. The van der Waals surface area contributed by atoms with Crippen molar-refractivity contribution in [2.45, 2.75) is 14.7 Å². The van der Waals surface area contributed by atoms with Gasteiger partial charge in [-0.3, -0.25) is 0 Å². The van der Waals surface area contributed by atoms with E-state index in [1.807, 2.05) is 30.3 Å². The molecular formula is C16H17ClN2O4S2. The standard InChI is InChI=1S/C16H17ClN2O4S2/c1-23-16(20)11-9-13(19-8-7-17)15(14(10-11)25(18,21)22)24-12-5-3-2-4-6-12/h2-6,9-10,19H,7-8H2,1H3,(H2,18,21,22). The van der Waals surface area contributed by atoms with Gasteiger partial charge in [0.25, 0.3) is 0 Å². The monoisotopic (exact) mass is 400 g/mol. The highest BCUT2D eigenvalue weighted by Gasteiger charge is 2.22. The molecule has 9 heteroatoms. The molecule has 134 valence electrons. The van der Waals surface area contributed by atoms with Gasteiger partial charge in [0.1, 0.15) is 0 Å². The molecule has 0 atom stereocenters. The van der Waals surface area contributed by atoms with Gasteiger partial charge in [-0.05, 0) is 24.3 Å². The van der Waals surface area contributed by atoms with Crippen molar-refractivity contribution in [1.29, 1.82) is 0 Å². The van der Waals surface area contributed by atoms with Crippen molar-refractivity contribution in [3.8, 4) is 0 Å². The number of anilines is 1. The second kappa shape index (κ2) is 8.57. The number of benzene rings is 2. The summed E-state index contributed by atoms with van der Waals surface area (Å²) in [5, 5.41) is 8.41. The molecule has 0 aliphatic carbocycles. The van der Waals surface area contributed by atoms with E-state index >= 15 is 0 Å². The molecule has 25 heavy (non-hydrogen) atoms. The smallest absolute Gasteiger partial charge is 0.337 e. The Balaban J connectivity index is 2.65. The van der Waals surface area contributed by atoms with Crippen LogP contribution in [0, 0.1) is 0 Å². The van der Waals surface area contributed by atoms with Gasteiger partial charge in [-0.1, -0.05) is 30.0 Å². The molecule has 0 fully saturated rings. The summed E-state index contributed by atoms with van der Waals surface area (Å²) in [7, 11) is -2.85. The molecule has 2 rings (SSSR count). The van der Waals surface area contributed by atoms with Crippen molar-refractivity contribution < 1.29 is 17.9 Å². The lowest BCUT2D eigenvalue weighted by molar-refractivity contribution is 0.0600. The first-order chi connectivity index (χ1) is 11.9. The van der Waals surface area contributed by atoms with Crippen LogP contribution < -0.4 is 10.5 Å². The minimum atomic E-state index is -4.07. The molecule has 2 aromatic rings. The quantitative estimate of drug-likeness (QED) is 0.547. The number of halogens is 1. The molecule has 0 aliphatic heterocycles. The average molecular weight is 401 g/mol. The Labute approximate surface area is 155 Å². The van der Waals surface area contributed by atoms with Gasteiger partial charge in [0.2, 0.25) is 10.0 Å². The van der Waals surface area contributed by atoms with E-state index in [-0.39, 0.29) is 10.5 Å². The molecule has 0 radical (unpaired) electrons. The van der Waals surface area contributed by atoms with Gasteiger partial charge in [-0.15, -0.1) is 11.6 Å². The van der Waals surface area contributed by atoms with Crippen LogP contribution in [0.5, 0.6) is 0 Å². The summed E-state index contributed by atoms with van der Waals surface area (Å²) in [5.74, 6) is -0.349. The van der Waals surface area contributed by atoms with Gasteiger partial charge in [0, 0.05) is 17.3 Å². The third-order valence-corrected chi connectivity index (χ3v) is 5.56. The Kier molecular flexibility index (Phi) is 6.71. The zero-order chi connectivity index (χ0) is 18.4. The van der Waals surface area contributed by atoms with Crippen molar-refractivity contribution in [2.75, 3.05) is 24.9 Å². The van der Waals surface area contributed by atoms with E-state index in [9.17, 15) is 13.2 Å². The molecule has 0 saturated heterocycles. The predicted octanol–water partition coefficient (Wildman–Crippen LogP) is 2.92. The molecular weight excluding hydrogens is 384 g/mol. The van der Waals surface area contributed by atoms with Gasteiger partial charge >= 0.3 is 5.97 Å². The fourth-order valence-electron chi connectivity index (χ4n) is 2.07. The number of hydrogen-bond acceptors (Lipinski definition) is 6. The number of esters is 1. The van der Waals surface area contributed by atoms with Crippen LogP contribution >= 0.6 is 23.4 Å². The van der Waals surface area contributed by atoms with Gasteiger partial charge in [-0.25, -0.2) is 18.4 Å². The zero-order valence-corrected chi connectivity index (χ0v) is 15.7. The first kappa shape index (κ1) is 19.6. The van der Waals surface area contributed by atoms with Crippen LogP contribution in [0.4, 0.5) is 5.69 Å². The Morgan fingerprint density at radius 3 is 2.52 bits per heavy atom. The number of primary sulfonamides is 1. The maximum Gasteiger partial charge on any atom is 0.337 e. The number of hydrogen-bond donors (Lipinski definition) is 2. The van der Waals surface area contributed by atoms with Crippen LogP contribution in [-0.2, 0) is 14.8 Å². The Bertz CT molecular complexity index is 858. The van der Waals surface area contributed by atoms with Crippen LogP contribution in [-0.4, -0.2) is 33.9 Å². The lowest BCUT2D eigenvalue weighted by atomic mass is 10.2. The van der Waals surface area contributed by atoms with Gasteiger partial charge in [-0.2, -0.15) is 0 Å². The van der Waals surface area contributed by atoms with Crippen LogP contribution in [0.3, 0.4) is 0 Å². The summed E-state index contributed by atoms with van der Waals surface area (Å²) < 4.78 is 28.9. The van der Waals surface area contributed by atoms with E-state index in [1.54, 1.807) is 0 Å². The van der Waals surface area contributed by atoms with Crippen LogP contribution in [0.2, 0.25) is 0 Å². The molecule has 0 aromatic heterocycles. The van der Waals surface area contributed by atoms with E-state index in [0.29, 0.717) is 23.0 Å². The lowest BCUT2D eigenvalue weighted by Crippen LogP contribution is -2.16. The summed E-state index contributed by atoms with van der Waals surface area (Å²) in [6, 6.07) is 12.0. The highest BCUT2D eigenvalue weighted by Crippen LogP contribution is 2.39. The molecule has 0 aliphatic rings. The molecule has 0 saturated carbocycles. The second-order valence-electron chi connectivity index (χ2n) is 4.92. The van der Waals surface area contributed by atoms with E-state index in [4.69, 9.17) is 16.7 Å². The summed E-state index contributed by atoms with van der Waals surface area (Å²) in [6.07, 6.45) is 0. The van der Waals surface area contributed by atoms with Crippen molar-refractivity contribution in [2.24, 2.45) is 5.14 Å². The van der Waals surface area contributed by atoms with Gasteiger partial charge in [0.05, 0.1) is 28.2 Å². The molecule has 0 amide bonds. The fourth-order valence-corrected chi connectivity index (χ4v) is 4.23. The third-order valence-electron chi connectivity index (χ3n) is 3.16. The normalized spacial score (nSPS) is 11.2. The zero-order valence-electron chi connectivity index (χ0n) is 13.4. The third kappa shape index (κ3) is 5.12. The van der Waals surface area contributed by atoms with Crippen LogP contribution in [0.1, 0.15) is 10.4 Å². The number of nitrogens with two attached hydrogens (primary N) is 1. The van der Waals surface area contributed by atoms with E-state index in [2.05, 4.69) is 10.1 Å². The first-order valence-electron chi connectivity index (χ1n) is 7.18. The number of nitrogens with one attached hydrogen (secondary N) is 1. The summed E-state index contributed by atoms with van der Waals surface area (Å²) in [5.41, 5.74) is 0.530. The van der Waals surface area contributed by atoms with Crippen molar-refractivity contribution in [3.63, 3.8) is 0 Å². The van der Waals surface area contributed by atoms with E-state index < -0.39 is 16.0 Å². The van der Waals surface area contributed by atoms with Gasteiger partial charge in [0.15, 0.2) is 0 Å². The van der Waals surface area contributed by atoms with Crippen molar-refractivity contribution in [3.05, 3.63) is 48.0 Å². The number of alkyl halides is 1. The van der Waals surface area contributed by atoms with E-state index in [1.165, 1.54) is 31.0 Å². The average Bonchev–Trinajstić information content (AvgIpc) is 2.59. The topological polar surface area (TPSA) is 98.5 Å². The number of sulfonamides is 1. The molecule has 6 nitrogen and oxygen atoms in total. The SMILES string of the molecule is COC(=O)c1cc(NCCCl)c(Sc2ccccc2)c(S(N)(=O)=O)c1. The molecule has 2 aromatic carbocycles. The fraction of sp³-hybridized carbons (Fsp3) is 0.188. The largest absolute Gasteiger partial charge is 0.465 e. The summed E-state index contributed by atoms with van der Waals surface area (Å²) >= 11 is 6.95. The Morgan fingerprint density at radius 2 is 1.96 bits per heavy atom. The molecule has 3 N–H and O–H groups in total. The molecule has 0 heterocycles. The first-order valence-corrected chi connectivity index (χ1v) is 10.1. The van der Waals surface area contributed by atoms with Crippen LogP contribution in [0.25, 0.3) is 0 Å². The summed E-state index contributed by atoms with van der Waals surface area (Å²) in [6.45, 7) is 0.387. The predicted molar refractivity (Wildman–Crippen MR) is 98.9 cm³/mol. The Hall–Kier alpha value is -1.74. The number of rotatable bonds is 7. The summed E-state index contributed by atoms with van der Waals surface area (Å²) in [4.78, 5) is 12.9. The Morgan fingerprint density at radius 1 is 1.28 bits per heavy atom. The molecule has 0 unspecified atom stereocenters. The number of carbonyl (C=O) groups is 1. The number of ether oxygens (including phenoxy) is 1. The minimum Gasteiger partial charge on any atom is -0.465 e. The van der Waals surface area contributed by atoms with Crippen LogP contribution in [0.15, 0.2) is 57.2 Å². The van der Waals surface area contributed by atoms with Gasteiger partial charge < -0.3 is 10.1 Å². The number of carbonyl (C=O) groups excluding carboxylic acids is 1. The number of methoxy groups -OCH3 is 1. The maximum atomic E-state index is 12.1. The maximum absolute atomic E-state index is 12.1. The molecule has 0 spiro atoms. The lowest BCUT2D eigenvalue weighted by Gasteiger charge is -2.16. The minimum absolute atomic E-state index is 0.0843. The molecule has 0 bridgehead atoms. The van der Waals surface area contributed by atoms with Crippen molar-refractivity contribution >= 4 is 45.0 Å². The van der Waals surface area contributed by atoms with Crippen molar-refractivity contribution in [1.82, 2.24) is 0 Å². The highest BCUT2D eigenvalue weighted by molar-refractivity contribution is 8.00. The van der Waals surface area contributed by atoms with E-state index in [0.717, 1.165) is 4.90 Å².